The monoisotopic (exact) mass is 327 g/mol. The van der Waals surface area contributed by atoms with Gasteiger partial charge in [0.2, 0.25) is 5.95 Å². The molecule has 0 saturated carbocycles. The van der Waals surface area contributed by atoms with Gasteiger partial charge in [0.25, 0.3) is 11.5 Å². The number of imidazole rings is 1. The second kappa shape index (κ2) is 6.15. The number of rotatable bonds is 4. The predicted octanol–water partition coefficient (Wildman–Crippen LogP) is 1.54. The average Bonchev–Trinajstić information content (AvgIpc) is 2.97. The minimum absolute atomic E-state index is 0.0545. The number of anilines is 1. The van der Waals surface area contributed by atoms with E-state index in [1.807, 2.05) is 24.3 Å². The zero-order valence-corrected chi connectivity index (χ0v) is 13.3. The van der Waals surface area contributed by atoms with Crippen LogP contribution in [0.25, 0.3) is 11.2 Å². The molecule has 3 N–H and O–H groups in total. The summed E-state index contributed by atoms with van der Waals surface area (Å²) in [5.74, 6) is 0.533. The van der Waals surface area contributed by atoms with Crippen molar-refractivity contribution in [2.24, 2.45) is 0 Å². The second-order valence-electron chi connectivity index (χ2n) is 5.64. The number of hydrogen-bond donors (Lipinski definition) is 2. The lowest BCUT2D eigenvalue weighted by Crippen LogP contribution is -2.20. The Morgan fingerprint density at radius 3 is 2.71 bits per heavy atom. The predicted molar refractivity (Wildman–Crippen MR) is 89.2 cm³/mol. The Hall–Kier alpha value is -3.16. The number of nitrogen functional groups attached to an aromatic ring is 1. The van der Waals surface area contributed by atoms with Crippen molar-refractivity contribution >= 4 is 23.0 Å². The van der Waals surface area contributed by atoms with Crippen molar-refractivity contribution in [2.45, 2.75) is 19.8 Å². The standard InChI is InChI=1S/C16H17N5O3/c1-9(2)10-3-5-11(6-4-10)24-7-12(22)21-8-18-13-14(21)19-16(17)20-15(13)23/h3-6,8-9H,7H2,1-2H3,(H3,17,19,20,23). The zero-order valence-electron chi connectivity index (χ0n) is 13.3. The highest BCUT2D eigenvalue weighted by Gasteiger charge is 2.15. The Bertz CT molecular complexity index is 940. The maximum Gasteiger partial charge on any atom is 0.280 e. The third-order valence-electron chi connectivity index (χ3n) is 3.60. The summed E-state index contributed by atoms with van der Waals surface area (Å²) in [5, 5.41) is 0. The summed E-state index contributed by atoms with van der Waals surface area (Å²) in [6.07, 6.45) is 1.24. The molecule has 0 fully saturated rings. The number of hydrogen-bond acceptors (Lipinski definition) is 6. The Labute approximate surface area is 137 Å². The SMILES string of the molecule is CC(C)c1ccc(OCC(=O)n2cnc3c(=O)[nH]c(N)nc32)cc1. The van der Waals surface area contributed by atoms with Crippen LogP contribution in [0.2, 0.25) is 0 Å². The fourth-order valence-corrected chi connectivity index (χ4v) is 2.27. The van der Waals surface area contributed by atoms with E-state index in [0.29, 0.717) is 11.7 Å². The maximum atomic E-state index is 12.3. The van der Waals surface area contributed by atoms with Crippen LogP contribution in [0.1, 0.15) is 30.1 Å². The van der Waals surface area contributed by atoms with E-state index in [2.05, 4.69) is 28.8 Å². The lowest BCUT2D eigenvalue weighted by atomic mass is 10.0. The van der Waals surface area contributed by atoms with E-state index in [4.69, 9.17) is 10.5 Å². The number of aromatic nitrogens is 4. The molecular formula is C16H17N5O3. The summed E-state index contributed by atoms with van der Waals surface area (Å²) in [6.45, 7) is 3.99. The average molecular weight is 327 g/mol. The first-order valence-corrected chi connectivity index (χ1v) is 7.44. The topological polar surface area (TPSA) is 116 Å². The van der Waals surface area contributed by atoms with Gasteiger partial charge in [-0.15, -0.1) is 0 Å². The molecule has 8 nitrogen and oxygen atoms in total. The number of H-pyrrole nitrogens is 1. The number of nitrogens with two attached hydrogens (primary N) is 1. The largest absolute Gasteiger partial charge is 0.484 e. The van der Waals surface area contributed by atoms with Crippen molar-refractivity contribution in [1.82, 2.24) is 19.5 Å². The van der Waals surface area contributed by atoms with Gasteiger partial charge in [-0.25, -0.2) is 9.55 Å². The Balaban J connectivity index is 1.77. The minimum atomic E-state index is -0.491. The van der Waals surface area contributed by atoms with Crippen molar-refractivity contribution in [3.05, 3.63) is 46.5 Å². The minimum Gasteiger partial charge on any atom is -0.484 e. The van der Waals surface area contributed by atoms with Crippen LogP contribution in [-0.2, 0) is 0 Å². The van der Waals surface area contributed by atoms with E-state index < -0.39 is 11.5 Å². The first-order valence-electron chi connectivity index (χ1n) is 7.44. The molecule has 124 valence electrons. The van der Waals surface area contributed by atoms with Crippen LogP contribution >= 0.6 is 0 Å². The van der Waals surface area contributed by atoms with Gasteiger partial charge in [0.15, 0.2) is 17.8 Å². The molecule has 0 aliphatic carbocycles. The lowest BCUT2D eigenvalue weighted by molar-refractivity contribution is 0.0842. The molecule has 0 aliphatic heterocycles. The van der Waals surface area contributed by atoms with E-state index in [1.54, 1.807) is 0 Å². The highest BCUT2D eigenvalue weighted by Crippen LogP contribution is 2.18. The molecule has 3 rings (SSSR count). The zero-order chi connectivity index (χ0) is 17.3. The van der Waals surface area contributed by atoms with Gasteiger partial charge in [0, 0.05) is 0 Å². The molecule has 2 heterocycles. The van der Waals surface area contributed by atoms with E-state index in [1.165, 1.54) is 11.9 Å². The normalized spacial score (nSPS) is 11.1. The van der Waals surface area contributed by atoms with Crippen LogP contribution in [0, 0.1) is 0 Å². The molecule has 2 aromatic heterocycles. The van der Waals surface area contributed by atoms with Crippen molar-refractivity contribution in [3.8, 4) is 5.75 Å². The van der Waals surface area contributed by atoms with Crippen LogP contribution in [0.15, 0.2) is 35.4 Å². The van der Waals surface area contributed by atoms with Crippen LogP contribution in [0.5, 0.6) is 5.75 Å². The van der Waals surface area contributed by atoms with Crippen LogP contribution in [0.4, 0.5) is 5.95 Å². The molecule has 0 bridgehead atoms. The van der Waals surface area contributed by atoms with Crippen LogP contribution < -0.4 is 16.0 Å². The molecule has 1 aromatic carbocycles. The molecule has 0 unspecified atom stereocenters. The third-order valence-corrected chi connectivity index (χ3v) is 3.60. The van der Waals surface area contributed by atoms with Gasteiger partial charge in [0.1, 0.15) is 12.1 Å². The van der Waals surface area contributed by atoms with Gasteiger partial charge in [-0.3, -0.25) is 14.6 Å². The molecule has 0 spiro atoms. The summed E-state index contributed by atoms with van der Waals surface area (Å²) < 4.78 is 6.65. The van der Waals surface area contributed by atoms with Crippen molar-refractivity contribution in [1.29, 1.82) is 0 Å². The summed E-state index contributed by atoms with van der Waals surface area (Å²) in [4.78, 5) is 34.2. The second-order valence-corrected chi connectivity index (χ2v) is 5.64. The fourth-order valence-electron chi connectivity index (χ4n) is 2.27. The molecule has 0 aliphatic rings. The number of fused-ring (bicyclic) bond motifs is 1. The molecule has 0 atom stereocenters. The summed E-state index contributed by atoms with van der Waals surface area (Å²) in [7, 11) is 0. The van der Waals surface area contributed by atoms with Crippen molar-refractivity contribution in [2.75, 3.05) is 12.3 Å². The highest BCUT2D eigenvalue weighted by molar-refractivity contribution is 5.89. The van der Waals surface area contributed by atoms with E-state index >= 15 is 0 Å². The molecule has 24 heavy (non-hydrogen) atoms. The number of benzene rings is 1. The van der Waals surface area contributed by atoms with Gasteiger partial charge in [-0.05, 0) is 23.6 Å². The Kier molecular flexibility index (Phi) is 4.03. The molecule has 0 radical (unpaired) electrons. The first kappa shape index (κ1) is 15.7. The smallest absolute Gasteiger partial charge is 0.280 e. The maximum absolute atomic E-state index is 12.3. The summed E-state index contributed by atoms with van der Waals surface area (Å²) in [6, 6.07) is 7.54. The number of carbonyl (C=O) groups excluding carboxylic acids is 1. The Morgan fingerprint density at radius 2 is 2.04 bits per heavy atom. The quantitative estimate of drug-likeness (QED) is 0.751. The number of nitrogens with zero attached hydrogens (tertiary/aromatic N) is 3. The van der Waals surface area contributed by atoms with Crippen LogP contribution in [0.3, 0.4) is 0 Å². The molecule has 8 heteroatoms. The van der Waals surface area contributed by atoms with Gasteiger partial charge < -0.3 is 10.5 Å². The Morgan fingerprint density at radius 1 is 1.33 bits per heavy atom. The first-order chi connectivity index (χ1) is 11.5. The summed E-state index contributed by atoms with van der Waals surface area (Å²) >= 11 is 0. The number of aromatic amines is 1. The van der Waals surface area contributed by atoms with Gasteiger partial charge in [-0.1, -0.05) is 26.0 Å². The van der Waals surface area contributed by atoms with E-state index in [-0.39, 0.29) is 23.7 Å². The third kappa shape index (κ3) is 2.98. The summed E-state index contributed by atoms with van der Waals surface area (Å²) in [5.41, 5.74) is 6.37. The molecular weight excluding hydrogens is 310 g/mol. The van der Waals surface area contributed by atoms with Crippen molar-refractivity contribution in [3.63, 3.8) is 0 Å². The number of carbonyl (C=O) groups is 1. The number of ether oxygens (including phenoxy) is 1. The molecule has 0 amide bonds. The number of nitrogens with one attached hydrogen (secondary N) is 1. The van der Waals surface area contributed by atoms with E-state index in [9.17, 15) is 9.59 Å². The van der Waals surface area contributed by atoms with Crippen molar-refractivity contribution < 1.29 is 9.53 Å². The van der Waals surface area contributed by atoms with Gasteiger partial charge >= 0.3 is 0 Å². The molecule has 0 saturated heterocycles. The lowest BCUT2D eigenvalue weighted by Gasteiger charge is -2.09. The van der Waals surface area contributed by atoms with Gasteiger partial charge in [0.05, 0.1) is 0 Å². The van der Waals surface area contributed by atoms with Crippen LogP contribution in [-0.4, -0.2) is 32.0 Å². The van der Waals surface area contributed by atoms with Gasteiger partial charge in [-0.2, -0.15) is 4.98 Å². The highest BCUT2D eigenvalue weighted by atomic mass is 16.5. The molecule has 3 aromatic rings. The fraction of sp³-hybridized carbons (Fsp3) is 0.250. The van der Waals surface area contributed by atoms with E-state index in [0.717, 1.165) is 4.57 Å².